The molecule has 0 N–H and O–H groups in total. The summed E-state index contributed by atoms with van der Waals surface area (Å²) in [5.74, 6) is -0.312. The minimum absolute atomic E-state index is 0.156. The molecule has 0 bridgehead atoms. The van der Waals surface area contributed by atoms with Crippen LogP contribution < -0.4 is 9.62 Å². The van der Waals surface area contributed by atoms with Gasteiger partial charge in [0.1, 0.15) is 5.75 Å². The molecular weight excluding hydrogens is 374 g/mol. The molecule has 0 amide bonds. The Morgan fingerprint density at radius 1 is 0.864 bits per heavy atom. The first kappa shape index (κ1) is 17.0. The summed E-state index contributed by atoms with van der Waals surface area (Å²) in [6.07, 6.45) is 0. The molecule has 0 spiro atoms. The number of halogens is 4. The molecule has 0 heterocycles. The van der Waals surface area contributed by atoms with Crippen molar-refractivity contribution in [2.24, 2.45) is 0 Å². The maximum atomic E-state index is 11.5. The fourth-order valence-electron chi connectivity index (χ4n) is 1.39. The number of ether oxygens (including phenoxy) is 1. The van der Waals surface area contributed by atoms with Crippen LogP contribution in [0.3, 0.4) is 0 Å². The van der Waals surface area contributed by atoms with Crippen LogP contribution in [0.4, 0.5) is 0 Å². The molecule has 2 aromatic rings. The first-order chi connectivity index (χ1) is 10.5. The van der Waals surface area contributed by atoms with Gasteiger partial charge in [0.05, 0.1) is 10.0 Å². The summed E-state index contributed by atoms with van der Waals surface area (Å²) in [6, 6.07) is 9.08. The van der Waals surface area contributed by atoms with Crippen molar-refractivity contribution in [3.8, 4) is 11.5 Å². The van der Waals surface area contributed by atoms with E-state index in [-0.39, 0.29) is 15.8 Å². The standard InChI is InChI=1S/C14H8Cl4O4/c15-8-1-3-12(10(17)5-8)20-7-14(19)22-21-13-4-2-9(16)6-11(13)18/h1-6H,7H2. The van der Waals surface area contributed by atoms with Gasteiger partial charge >= 0.3 is 5.97 Å². The molecule has 0 saturated heterocycles. The van der Waals surface area contributed by atoms with Gasteiger partial charge in [0.25, 0.3) is 0 Å². The molecular formula is C14H8Cl4O4. The number of carbonyl (C=O) groups excluding carboxylic acids is 1. The van der Waals surface area contributed by atoms with Crippen LogP contribution in [0.2, 0.25) is 20.1 Å². The molecule has 0 aromatic heterocycles. The number of benzene rings is 2. The molecule has 0 saturated carbocycles. The smallest absolute Gasteiger partial charge is 0.392 e. The Morgan fingerprint density at radius 3 is 1.95 bits per heavy atom. The van der Waals surface area contributed by atoms with Crippen LogP contribution in [0.15, 0.2) is 36.4 Å². The van der Waals surface area contributed by atoms with Gasteiger partial charge in [0.2, 0.25) is 0 Å². The maximum Gasteiger partial charge on any atom is 0.392 e. The third-order valence-corrected chi connectivity index (χ3v) is 3.42. The zero-order valence-corrected chi connectivity index (χ0v) is 13.8. The summed E-state index contributed by atoms with van der Waals surface area (Å²) >= 11 is 23.2. The second-order valence-corrected chi connectivity index (χ2v) is 5.66. The molecule has 0 radical (unpaired) electrons. The van der Waals surface area contributed by atoms with Gasteiger partial charge in [-0.15, -0.1) is 0 Å². The number of hydrogen-bond donors (Lipinski definition) is 0. The average Bonchev–Trinajstić information content (AvgIpc) is 2.45. The van der Waals surface area contributed by atoms with Crippen molar-refractivity contribution < 1.29 is 19.3 Å². The highest BCUT2D eigenvalue weighted by Gasteiger charge is 2.11. The second kappa shape index (κ2) is 7.79. The summed E-state index contributed by atoms with van der Waals surface area (Å²) in [5, 5.41) is 1.38. The summed E-state index contributed by atoms with van der Waals surface area (Å²) in [6.45, 7) is -0.396. The quantitative estimate of drug-likeness (QED) is 0.526. The van der Waals surface area contributed by atoms with Crippen LogP contribution in [0.5, 0.6) is 11.5 Å². The highest BCUT2D eigenvalue weighted by atomic mass is 35.5. The van der Waals surface area contributed by atoms with Crippen molar-refractivity contribution in [2.45, 2.75) is 0 Å². The highest BCUT2D eigenvalue weighted by molar-refractivity contribution is 6.36. The first-order valence-electron chi connectivity index (χ1n) is 5.86. The Labute approximate surface area is 146 Å². The Balaban J connectivity index is 1.85. The normalized spacial score (nSPS) is 10.2. The molecule has 0 aliphatic carbocycles. The van der Waals surface area contributed by atoms with Crippen LogP contribution in [0, 0.1) is 0 Å². The van der Waals surface area contributed by atoms with Crippen molar-refractivity contribution in [1.29, 1.82) is 0 Å². The number of carbonyl (C=O) groups is 1. The Hall–Kier alpha value is -1.33. The first-order valence-corrected chi connectivity index (χ1v) is 7.37. The van der Waals surface area contributed by atoms with Crippen LogP contribution in [0.1, 0.15) is 0 Å². The predicted octanol–water partition coefficient (Wildman–Crippen LogP) is 5.22. The summed E-state index contributed by atoms with van der Waals surface area (Å²) in [5.41, 5.74) is 0. The summed E-state index contributed by atoms with van der Waals surface area (Å²) in [4.78, 5) is 20.9. The van der Waals surface area contributed by atoms with Gasteiger partial charge < -0.3 is 4.74 Å². The molecule has 2 rings (SSSR count). The van der Waals surface area contributed by atoms with E-state index in [2.05, 4.69) is 4.89 Å². The van der Waals surface area contributed by atoms with Crippen LogP contribution >= 0.6 is 46.4 Å². The van der Waals surface area contributed by atoms with E-state index in [0.717, 1.165) is 0 Å². The molecule has 0 atom stereocenters. The largest absolute Gasteiger partial charge is 0.480 e. The molecule has 4 nitrogen and oxygen atoms in total. The van der Waals surface area contributed by atoms with E-state index in [4.69, 9.17) is 56.0 Å². The van der Waals surface area contributed by atoms with E-state index in [1.807, 2.05) is 0 Å². The lowest BCUT2D eigenvalue weighted by Crippen LogP contribution is -2.17. The SMILES string of the molecule is O=C(COc1ccc(Cl)cc1Cl)OOc1ccc(Cl)cc1Cl. The molecule has 22 heavy (non-hydrogen) atoms. The van der Waals surface area contributed by atoms with Crippen molar-refractivity contribution in [1.82, 2.24) is 0 Å². The van der Waals surface area contributed by atoms with Crippen molar-refractivity contribution in [3.63, 3.8) is 0 Å². The number of rotatable bonds is 5. The van der Waals surface area contributed by atoms with Gasteiger partial charge in [-0.1, -0.05) is 46.4 Å². The molecule has 0 aliphatic rings. The van der Waals surface area contributed by atoms with Crippen molar-refractivity contribution >= 4 is 52.4 Å². The van der Waals surface area contributed by atoms with Gasteiger partial charge in [-0.3, -0.25) is 4.89 Å². The predicted molar refractivity (Wildman–Crippen MR) is 85.1 cm³/mol. The van der Waals surface area contributed by atoms with Crippen LogP contribution in [0.25, 0.3) is 0 Å². The van der Waals surface area contributed by atoms with E-state index in [1.165, 1.54) is 24.3 Å². The lowest BCUT2D eigenvalue weighted by atomic mass is 10.3. The third kappa shape index (κ3) is 4.85. The minimum atomic E-state index is -0.767. The van der Waals surface area contributed by atoms with Crippen molar-refractivity contribution in [3.05, 3.63) is 56.5 Å². The topological polar surface area (TPSA) is 44.8 Å². The summed E-state index contributed by atoms with van der Waals surface area (Å²) in [7, 11) is 0. The monoisotopic (exact) mass is 380 g/mol. The van der Waals surface area contributed by atoms with Gasteiger partial charge in [0.15, 0.2) is 12.4 Å². The fourth-order valence-corrected chi connectivity index (χ4v) is 2.29. The minimum Gasteiger partial charge on any atom is -0.480 e. The lowest BCUT2D eigenvalue weighted by Gasteiger charge is -2.08. The Morgan fingerprint density at radius 2 is 1.41 bits per heavy atom. The van der Waals surface area contributed by atoms with Gasteiger partial charge in [-0.05, 0) is 36.4 Å². The highest BCUT2D eigenvalue weighted by Crippen LogP contribution is 2.28. The van der Waals surface area contributed by atoms with Crippen molar-refractivity contribution in [2.75, 3.05) is 6.61 Å². The summed E-state index contributed by atoms with van der Waals surface area (Å²) < 4.78 is 5.19. The van der Waals surface area contributed by atoms with Gasteiger partial charge in [-0.2, -0.15) is 0 Å². The van der Waals surface area contributed by atoms with Gasteiger partial charge in [0, 0.05) is 10.0 Å². The van der Waals surface area contributed by atoms with E-state index >= 15 is 0 Å². The lowest BCUT2D eigenvalue weighted by molar-refractivity contribution is -0.215. The van der Waals surface area contributed by atoms with Crippen LogP contribution in [-0.2, 0) is 9.68 Å². The molecule has 0 aliphatic heterocycles. The van der Waals surface area contributed by atoms with E-state index in [0.29, 0.717) is 15.8 Å². The van der Waals surface area contributed by atoms with Gasteiger partial charge in [-0.25, -0.2) is 9.68 Å². The van der Waals surface area contributed by atoms with E-state index < -0.39 is 12.6 Å². The second-order valence-electron chi connectivity index (χ2n) is 3.98. The molecule has 0 fully saturated rings. The Kier molecular flexibility index (Phi) is 6.03. The zero-order chi connectivity index (χ0) is 16.1. The third-order valence-electron chi connectivity index (χ3n) is 2.36. The Bertz CT molecular complexity index is 633. The average molecular weight is 382 g/mol. The van der Waals surface area contributed by atoms with Crippen LogP contribution in [-0.4, -0.2) is 12.6 Å². The number of hydrogen-bond acceptors (Lipinski definition) is 4. The maximum absolute atomic E-state index is 11.5. The molecule has 8 heteroatoms. The molecule has 2 aromatic carbocycles. The zero-order valence-electron chi connectivity index (χ0n) is 10.8. The van der Waals surface area contributed by atoms with E-state index in [1.54, 1.807) is 12.1 Å². The van der Waals surface area contributed by atoms with E-state index in [9.17, 15) is 4.79 Å². The molecule has 116 valence electrons. The molecule has 0 unspecified atom stereocenters. The fraction of sp³-hybridized carbons (Fsp3) is 0.0714.